The van der Waals surface area contributed by atoms with Crippen LogP contribution >= 0.6 is 0 Å². The molecule has 1 aromatic rings. The molecule has 0 amide bonds. The van der Waals surface area contributed by atoms with Crippen LogP contribution in [0.3, 0.4) is 0 Å². The molecule has 0 aliphatic carbocycles. The minimum atomic E-state index is -0.643. The maximum Gasteiger partial charge on any atom is 0.190 e. The first-order chi connectivity index (χ1) is 10.2. The lowest BCUT2D eigenvalue weighted by Gasteiger charge is -2.10. The Balaban J connectivity index is 2.48. The number of aryl methyl sites for hydroxylation is 1. The van der Waals surface area contributed by atoms with Gasteiger partial charge in [-0.2, -0.15) is 0 Å². The number of unbranched alkanes of at least 4 members (excludes halogenated alkanes) is 5. The predicted molar refractivity (Wildman–Crippen MR) is 79.6 cm³/mol. The van der Waals surface area contributed by atoms with E-state index in [2.05, 4.69) is 6.92 Å². The summed E-state index contributed by atoms with van der Waals surface area (Å²) in [6.07, 6.45) is 7.43. The van der Waals surface area contributed by atoms with E-state index in [1.54, 1.807) is 0 Å². The molecule has 21 heavy (non-hydrogen) atoms. The molecule has 1 aromatic carbocycles. The molecule has 0 bridgehead atoms. The Morgan fingerprint density at radius 3 is 2.38 bits per heavy atom. The van der Waals surface area contributed by atoms with E-state index < -0.39 is 11.6 Å². The second-order valence-electron chi connectivity index (χ2n) is 5.21. The first-order valence-corrected chi connectivity index (χ1v) is 7.73. The lowest BCUT2D eigenvalue weighted by molar-refractivity contribution is -0.107. The molecule has 0 N–H and O–H groups in total. The highest BCUT2D eigenvalue weighted by Gasteiger charge is 2.12. The van der Waals surface area contributed by atoms with E-state index in [0.29, 0.717) is 25.0 Å². The number of ether oxygens (including phenoxy) is 1. The molecule has 0 heterocycles. The van der Waals surface area contributed by atoms with Crippen LogP contribution in [0.1, 0.15) is 57.4 Å². The highest BCUT2D eigenvalue weighted by atomic mass is 19.1. The van der Waals surface area contributed by atoms with Crippen molar-refractivity contribution in [1.82, 2.24) is 0 Å². The van der Waals surface area contributed by atoms with Crippen LogP contribution in [0.4, 0.5) is 8.78 Å². The average molecular weight is 298 g/mol. The molecule has 1 rings (SSSR count). The zero-order valence-electron chi connectivity index (χ0n) is 12.7. The SMILES string of the molecule is CCCCCCOc1c(F)cc(CCCCC=O)cc1F. The molecule has 0 unspecified atom stereocenters. The van der Waals surface area contributed by atoms with Crippen LogP contribution in [-0.4, -0.2) is 12.9 Å². The maximum atomic E-state index is 13.8. The van der Waals surface area contributed by atoms with Crippen LogP contribution in [0.2, 0.25) is 0 Å². The van der Waals surface area contributed by atoms with Gasteiger partial charge in [0.05, 0.1) is 6.61 Å². The summed E-state index contributed by atoms with van der Waals surface area (Å²) in [6.45, 7) is 2.44. The normalized spacial score (nSPS) is 10.6. The number of hydrogen-bond donors (Lipinski definition) is 0. The van der Waals surface area contributed by atoms with Crippen molar-refractivity contribution in [3.63, 3.8) is 0 Å². The fourth-order valence-electron chi connectivity index (χ4n) is 2.15. The number of benzene rings is 1. The van der Waals surface area contributed by atoms with Gasteiger partial charge in [0.15, 0.2) is 17.4 Å². The van der Waals surface area contributed by atoms with Gasteiger partial charge >= 0.3 is 0 Å². The zero-order valence-corrected chi connectivity index (χ0v) is 12.7. The topological polar surface area (TPSA) is 26.3 Å². The van der Waals surface area contributed by atoms with Gasteiger partial charge in [0.2, 0.25) is 0 Å². The molecular weight excluding hydrogens is 274 g/mol. The Bertz CT molecular complexity index is 410. The average Bonchev–Trinajstić information content (AvgIpc) is 2.46. The van der Waals surface area contributed by atoms with Crippen molar-refractivity contribution in [2.75, 3.05) is 6.61 Å². The van der Waals surface area contributed by atoms with E-state index in [1.165, 1.54) is 12.1 Å². The van der Waals surface area contributed by atoms with E-state index in [9.17, 15) is 13.6 Å². The van der Waals surface area contributed by atoms with Crippen molar-refractivity contribution in [3.05, 3.63) is 29.3 Å². The number of rotatable bonds is 11. The summed E-state index contributed by atoms with van der Waals surface area (Å²) < 4.78 is 32.9. The van der Waals surface area contributed by atoms with Gasteiger partial charge in [-0.1, -0.05) is 26.2 Å². The quantitative estimate of drug-likeness (QED) is 0.432. The molecule has 0 radical (unpaired) electrons. The Hall–Kier alpha value is -1.45. The van der Waals surface area contributed by atoms with Crippen molar-refractivity contribution in [1.29, 1.82) is 0 Å². The summed E-state index contributed by atoms with van der Waals surface area (Å²) in [7, 11) is 0. The summed E-state index contributed by atoms with van der Waals surface area (Å²) in [4.78, 5) is 10.2. The van der Waals surface area contributed by atoms with E-state index in [4.69, 9.17) is 4.74 Å². The molecule has 0 saturated heterocycles. The fraction of sp³-hybridized carbons (Fsp3) is 0.588. The molecule has 0 saturated carbocycles. The first kappa shape index (κ1) is 17.6. The number of carbonyl (C=O) groups excluding carboxylic acids is 1. The van der Waals surface area contributed by atoms with Crippen LogP contribution in [0.5, 0.6) is 5.75 Å². The highest BCUT2D eigenvalue weighted by molar-refractivity contribution is 5.48. The van der Waals surface area contributed by atoms with Gasteiger partial charge in [-0.3, -0.25) is 0 Å². The Morgan fingerprint density at radius 2 is 1.76 bits per heavy atom. The molecule has 4 heteroatoms. The standard InChI is InChI=1S/C17H24F2O2/c1-2-3-4-8-11-21-17-15(18)12-14(13-16(17)19)9-6-5-7-10-20/h10,12-13H,2-9,11H2,1H3. The second-order valence-corrected chi connectivity index (χ2v) is 5.21. The molecule has 0 atom stereocenters. The summed E-state index contributed by atoms with van der Waals surface area (Å²) in [5.41, 5.74) is 0.606. The molecule has 0 aliphatic rings. The monoisotopic (exact) mass is 298 g/mol. The minimum Gasteiger partial charge on any atom is -0.488 e. The van der Waals surface area contributed by atoms with Crippen molar-refractivity contribution in [2.45, 2.75) is 58.3 Å². The van der Waals surface area contributed by atoms with Crippen molar-refractivity contribution < 1.29 is 18.3 Å². The fourth-order valence-corrected chi connectivity index (χ4v) is 2.15. The van der Waals surface area contributed by atoms with Crippen LogP contribution in [0.15, 0.2) is 12.1 Å². The number of hydrogen-bond acceptors (Lipinski definition) is 2. The summed E-state index contributed by atoms with van der Waals surface area (Å²) >= 11 is 0. The van der Waals surface area contributed by atoms with Gasteiger partial charge in [0, 0.05) is 6.42 Å². The smallest absolute Gasteiger partial charge is 0.190 e. The maximum absolute atomic E-state index is 13.8. The number of aldehydes is 1. The third-order valence-corrected chi connectivity index (χ3v) is 3.34. The van der Waals surface area contributed by atoms with Gasteiger partial charge in [-0.15, -0.1) is 0 Å². The van der Waals surface area contributed by atoms with Crippen LogP contribution in [0.25, 0.3) is 0 Å². The van der Waals surface area contributed by atoms with Gasteiger partial charge in [-0.25, -0.2) is 8.78 Å². The molecule has 0 fully saturated rings. The molecule has 0 aromatic heterocycles. The predicted octanol–water partition coefficient (Wildman–Crippen LogP) is 4.84. The highest BCUT2D eigenvalue weighted by Crippen LogP contribution is 2.24. The second kappa shape index (κ2) is 10.3. The molecule has 0 aliphatic heterocycles. The van der Waals surface area contributed by atoms with E-state index in [-0.39, 0.29) is 5.75 Å². The van der Waals surface area contributed by atoms with E-state index in [0.717, 1.165) is 44.8 Å². The van der Waals surface area contributed by atoms with Crippen molar-refractivity contribution in [2.24, 2.45) is 0 Å². The third kappa shape index (κ3) is 6.69. The largest absolute Gasteiger partial charge is 0.488 e. The van der Waals surface area contributed by atoms with Crippen LogP contribution in [0, 0.1) is 11.6 Å². The molecule has 118 valence electrons. The van der Waals surface area contributed by atoms with E-state index in [1.807, 2.05) is 0 Å². The lowest BCUT2D eigenvalue weighted by atomic mass is 10.1. The molecular formula is C17H24F2O2. The van der Waals surface area contributed by atoms with Crippen LogP contribution in [-0.2, 0) is 11.2 Å². The van der Waals surface area contributed by atoms with Gasteiger partial charge in [0.25, 0.3) is 0 Å². The van der Waals surface area contributed by atoms with Crippen LogP contribution < -0.4 is 4.74 Å². The minimum absolute atomic E-state index is 0.275. The van der Waals surface area contributed by atoms with Gasteiger partial charge in [-0.05, 0) is 43.4 Å². The first-order valence-electron chi connectivity index (χ1n) is 7.73. The van der Waals surface area contributed by atoms with Crippen molar-refractivity contribution in [3.8, 4) is 5.75 Å². The molecule has 0 spiro atoms. The lowest BCUT2D eigenvalue weighted by Crippen LogP contribution is -2.03. The van der Waals surface area contributed by atoms with Gasteiger partial charge < -0.3 is 9.53 Å². The number of halogens is 2. The van der Waals surface area contributed by atoms with E-state index >= 15 is 0 Å². The molecule has 2 nitrogen and oxygen atoms in total. The van der Waals surface area contributed by atoms with Crippen molar-refractivity contribution >= 4 is 6.29 Å². The Kier molecular flexibility index (Phi) is 8.63. The summed E-state index contributed by atoms with van der Waals surface area (Å²) in [6, 6.07) is 2.65. The van der Waals surface area contributed by atoms with Gasteiger partial charge in [0.1, 0.15) is 6.29 Å². The zero-order chi connectivity index (χ0) is 15.5. The number of carbonyl (C=O) groups is 1. The third-order valence-electron chi connectivity index (χ3n) is 3.34. The Labute approximate surface area is 125 Å². The summed E-state index contributed by atoms with van der Waals surface area (Å²) in [5, 5.41) is 0. The Morgan fingerprint density at radius 1 is 1.05 bits per heavy atom. The summed E-state index contributed by atoms with van der Waals surface area (Å²) in [5.74, 6) is -1.56.